The Balaban J connectivity index is 1.46. The van der Waals surface area contributed by atoms with Crippen LogP contribution in [-0.2, 0) is 0 Å². The summed E-state index contributed by atoms with van der Waals surface area (Å²) in [5, 5.41) is 5.31. The number of benzene rings is 1. The number of nitrogens with zero attached hydrogens (tertiary/aromatic N) is 1. The number of methoxy groups -OCH3 is 1. The summed E-state index contributed by atoms with van der Waals surface area (Å²) >= 11 is 3.33. The summed E-state index contributed by atoms with van der Waals surface area (Å²) in [6.07, 6.45) is 2.48. The zero-order valence-electron chi connectivity index (χ0n) is 16.8. The summed E-state index contributed by atoms with van der Waals surface area (Å²) in [5.74, 6) is 0.847. The number of hydrogen-bond acceptors (Lipinski definition) is 5. The molecule has 1 N–H and O–H groups in total. The minimum atomic E-state index is 0.0126. The van der Waals surface area contributed by atoms with Crippen molar-refractivity contribution in [1.29, 1.82) is 0 Å². The van der Waals surface area contributed by atoms with E-state index in [4.69, 9.17) is 4.74 Å². The van der Waals surface area contributed by atoms with Gasteiger partial charge in [-0.15, -0.1) is 22.7 Å². The second-order valence-electron chi connectivity index (χ2n) is 7.29. The van der Waals surface area contributed by atoms with Crippen LogP contribution in [0.2, 0.25) is 0 Å². The number of carbonyl (C=O) groups is 1. The summed E-state index contributed by atoms with van der Waals surface area (Å²) in [4.78, 5) is 18.6. The van der Waals surface area contributed by atoms with Crippen molar-refractivity contribution >= 4 is 28.6 Å². The van der Waals surface area contributed by atoms with Gasteiger partial charge in [-0.05, 0) is 73.6 Å². The van der Waals surface area contributed by atoms with Crippen molar-refractivity contribution in [1.82, 2.24) is 10.2 Å². The highest BCUT2D eigenvalue weighted by Crippen LogP contribution is 2.32. The number of likely N-dealkylation sites (tertiary alicyclic amines) is 1. The van der Waals surface area contributed by atoms with E-state index in [2.05, 4.69) is 34.7 Å². The number of ether oxygens (including phenoxy) is 1. The molecule has 1 fully saturated rings. The Labute approximate surface area is 180 Å². The Morgan fingerprint density at radius 2 is 1.97 bits per heavy atom. The number of rotatable bonds is 7. The lowest BCUT2D eigenvalue weighted by Crippen LogP contribution is -2.36. The van der Waals surface area contributed by atoms with Crippen LogP contribution in [0.3, 0.4) is 0 Å². The van der Waals surface area contributed by atoms with Gasteiger partial charge in [-0.3, -0.25) is 9.69 Å². The van der Waals surface area contributed by atoms with Crippen LogP contribution >= 0.6 is 22.7 Å². The SMILES string of the molecule is COc1ccc(-c2cc(C(=O)NCC(c3cccs3)N3CCCC3)sc2C)cc1. The first-order chi connectivity index (χ1) is 14.2. The number of carbonyl (C=O) groups excluding carboxylic acids is 1. The fraction of sp³-hybridized carbons (Fsp3) is 0.348. The number of aryl methyl sites for hydroxylation is 1. The summed E-state index contributed by atoms with van der Waals surface area (Å²) < 4.78 is 5.24. The lowest BCUT2D eigenvalue weighted by atomic mass is 10.1. The molecule has 3 aromatic rings. The molecule has 4 nitrogen and oxygen atoms in total. The maximum Gasteiger partial charge on any atom is 0.261 e. The third-order valence-corrected chi connectivity index (χ3v) is 7.47. The van der Waals surface area contributed by atoms with Crippen molar-refractivity contribution < 1.29 is 9.53 Å². The van der Waals surface area contributed by atoms with Gasteiger partial charge in [0.15, 0.2) is 0 Å². The first-order valence-electron chi connectivity index (χ1n) is 9.96. The molecule has 0 aliphatic carbocycles. The van der Waals surface area contributed by atoms with Crippen molar-refractivity contribution in [2.24, 2.45) is 0 Å². The summed E-state index contributed by atoms with van der Waals surface area (Å²) in [7, 11) is 1.67. The normalized spacial score (nSPS) is 15.4. The molecule has 1 aliphatic rings. The van der Waals surface area contributed by atoms with Crippen LogP contribution in [0.15, 0.2) is 47.8 Å². The smallest absolute Gasteiger partial charge is 0.261 e. The molecule has 0 radical (unpaired) electrons. The van der Waals surface area contributed by atoms with Crippen LogP contribution < -0.4 is 10.1 Å². The van der Waals surface area contributed by atoms with Gasteiger partial charge in [0.05, 0.1) is 18.0 Å². The van der Waals surface area contributed by atoms with E-state index in [9.17, 15) is 4.79 Å². The highest BCUT2D eigenvalue weighted by Gasteiger charge is 2.25. The molecule has 0 bridgehead atoms. The molecule has 1 unspecified atom stereocenters. The molecule has 3 heterocycles. The molecule has 1 saturated heterocycles. The quantitative estimate of drug-likeness (QED) is 0.553. The molecule has 0 saturated carbocycles. The molecule has 1 amide bonds. The van der Waals surface area contributed by atoms with Crippen LogP contribution in [0.1, 0.15) is 38.3 Å². The van der Waals surface area contributed by atoms with Gasteiger partial charge in [-0.25, -0.2) is 0 Å². The monoisotopic (exact) mass is 426 g/mol. The van der Waals surface area contributed by atoms with Crippen molar-refractivity contribution in [2.45, 2.75) is 25.8 Å². The van der Waals surface area contributed by atoms with Crippen molar-refractivity contribution in [3.05, 3.63) is 62.5 Å². The maximum absolute atomic E-state index is 12.9. The number of amides is 1. The maximum atomic E-state index is 12.9. The van der Waals surface area contributed by atoms with Gasteiger partial charge in [0.25, 0.3) is 5.91 Å². The Bertz CT molecular complexity index is 942. The number of thiophene rings is 2. The average molecular weight is 427 g/mol. The molecule has 6 heteroatoms. The van der Waals surface area contributed by atoms with Crippen LogP contribution in [0.5, 0.6) is 5.75 Å². The van der Waals surface area contributed by atoms with Gasteiger partial charge >= 0.3 is 0 Å². The third-order valence-electron chi connectivity index (χ3n) is 5.45. The zero-order chi connectivity index (χ0) is 20.2. The molecule has 152 valence electrons. The highest BCUT2D eigenvalue weighted by molar-refractivity contribution is 7.14. The molecular weight excluding hydrogens is 400 g/mol. The lowest BCUT2D eigenvalue weighted by Gasteiger charge is -2.26. The molecule has 1 aromatic carbocycles. The van der Waals surface area contributed by atoms with Crippen molar-refractivity contribution in [3.8, 4) is 16.9 Å². The molecule has 0 spiro atoms. The first-order valence-corrected chi connectivity index (χ1v) is 11.7. The summed E-state index contributed by atoms with van der Waals surface area (Å²) in [5.41, 5.74) is 2.21. The van der Waals surface area contributed by atoms with E-state index >= 15 is 0 Å². The average Bonchev–Trinajstić information content (AvgIpc) is 3.51. The first kappa shape index (κ1) is 20.1. The largest absolute Gasteiger partial charge is 0.497 e. The Kier molecular flexibility index (Phi) is 6.33. The summed E-state index contributed by atoms with van der Waals surface area (Å²) in [6.45, 7) is 4.93. The third kappa shape index (κ3) is 4.55. The van der Waals surface area contributed by atoms with E-state index in [-0.39, 0.29) is 11.9 Å². The van der Waals surface area contributed by atoms with Crippen LogP contribution in [0, 0.1) is 6.92 Å². The van der Waals surface area contributed by atoms with E-state index in [1.807, 2.05) is 30.3 Å². The van der Waals surface area contributed by atoms with Crippen LogP contribution in [0.25, 0.3) is 11.1 Å². The molecule has 1 aliphatic heterocycles. The predicted octanol–water partition coefficient (Wildman–Crippen LogP) is 5.36. The van der Waals surface area contributed by atoms with E-state index in [1.165, 1.54) is 17.7 Å². The fourth-order valence-electron chi connectivity index (χ4n) is 3.87. The Hall–Kier alpha value is -2.15. The molecule has 29 heavy (non-hydrogen) atoms. The standard InChI is InChI=1S/C23H26N2O2S2/c1-16-19(17-7-9-18(27-2)10-8-17)14-22(29-16)23(26)24-15-20(21-6-5-13-28-21)25-11-3-4-12-25/h5-10,13-14,20H,3-4,11-12,15H2,1-2H3,(H,24,26). The number of hydrogen-bond donors (Lipinski definition) is 1. The van der Waals surface area contributed by atoms with Gasteiger partial charge < -0.3 is 10.1 Å². The van der Waals surface area contributed by atoms with Crippen molar-refractivity contribution in [3.63, 3.8) is 0 Å². The molecular formula is C23H26N2O2S2. The van der Waals surface area contributed by atoms with E-state index in [0.717, 1.165) is 39.7 Å². The molecule has 2 aromatic heterocycles. The lowest BCUT2D eigenvalue weighted by molar-refractivity contribution is 0.0942. The second kappa shape index (κ2) is 9.11. The minimum absolute atomic E-state index is 0.0126. The topological polar surface area (TPSA) is 41.6 Å². The van der Waals surface area contributed by atoms with Gasteiger partial charge in [-0.1, -0.05) is 18.2 Å². The zero-order valence-corrected chi connectivity index (χ0v) is 18.4. The van der Waals surface area contributed by atoms with Crippen LogP contribution in [-0.4, -0.2) is 37.6 Å². The van der Waals surface area contributed by atoms with Gasteiger partial charge in [0.2, 0.25) is 0 Å². The predicted molar refractivity (Wildman–Crippen MR) is 121 cm³/mol. The highest BCUT2D eigenvalue weighted by atomic mass is 32.1. The van der Waals surface area contributed by atoms with Crippen LogP contribution in [0.4, 0.5) is 0 Å². The molecule has 1 atom stereocenters. The minimum Gasteiger partial charge on any atom is -0.497 e. The Morgan fingerprint density at radius 1 is 1.21 bits per heavy atom. The van der Waals surface area contributed by atoms with Gasteiger partial charge in [0, 0.05) is 16.3 Å². The van der Waals surface area contributed by atoms with Gasteiger partial charge in [-0.2, -0.15) is 0 Å². The number of nitrogens with one attached hydrogen (secondary N) is 1. The molecule has 4 rings (SSSR count). The summed E-state index contributed by atoms with van der Waals surface area (Å²) in [6, 6.07) is 14.5. The van der Waals surface area contributed by atoms with E-state index in [0.29, 0.717) is 6.54 Å². The van der Waals surface area contributed by atoms with Gasteiger partial charge in [0.1, 0.15) is 5.75 Å². The van der Waals surface area contributed by atoms with E-state index in [1.54, 1.807) is 29.8 Å². The second-order valence-corrected chi connectivity index (χ2v) is 9.53. The van der Waals surface area contributed by atoms with Crippen molar-refractivity contribution in [2.75, 3.05) is 26.7 Å². The fourth-order valence-corrected chi connectivity index (χ4v) is 5.69. The Morgan fingerprint density at radius 3 is 2.62 bits per heavy atom. The van der Waals surface area contributed by atoms with E-state index < -0.39 is 0 Å².